The van der Waals surface area contributed by atoms with Crippen molar-refractivity contribution in [2.45, 2.75) is 44.7 Å². The first-order chi connectivity index (χ1) is 16.6. The number of aryl methyl sites for hydroxylation is 1. The molecule has 0 amide bonds. The van der Waals surface area contributed by atoms with Crippen molar-refractivity contribution in [3.8, 4) is 11.1 Å². The van der Waals surface area contributed by atoms with E-state index in [4.69, 9.17) is 10.2 Å². The first-order valence-corrected chi connectivity index (χ1v) is 11.9. The van der Waals surface area contributed by atoms with Crippen LogP contribution in [-0.2, 0) is 0 Å². The molecule has 172 valence electrons. The Morgan fingerprint density at radius 3 is 2.76 bits per heavy atom. The first-order valence-electron chi connectivity index (χ1n) is 11.9. The average molecular weight is 456 g/mol. The molecule has 0 unspecified atom stereocenters. The number of oxazole rings is 1. The largest absolute Gasteiger partial charge is 0.422 e. The molecule has 1 aliphatic carbocycles. The summed E-state index contributed by atoms with van der Waals surface area (Å²) in [6, 6.07) is 7.15. The molecule has 34 heavy (non-hydrogen) atoms. The van der Waals surface area contributed by atoms with Gasteiger partial charge in [-0.2, -0.15) is 10.1 Å². The van der Waals surface area contributed by atoms with Gasteiger partial charge in [-0.15, -0.1) is 0 Å². The van der Waals surface area contributed by atoms with Gasteiger partial charge in [0.1, 0.15) is 0 Å². The van der Waals surface area contributed by atoms with E-state index in [1.807, 2.05) is 10.8 Å². The number of hydrogen-bond donors (Lipinski definition) is 2. The molecule has 2 aliphatic rings. The van der Waals surface area contributed by atoms with Crippen LogP contribution in [0.4, 0.5) is 6.01 Å². The lowest BCUT2D eigenvalue weighted by Crippen LogP contribution is -2.39. The fraction of sp³-hybridized carbons (Fsp3) is 0.360. The number of pyridine rings is 2. The van der Waals surface area contributed by atoms with Gasteiger partial charge in [0.15, 0.2) is 16.7 Å². The number of fused-ring (bicyclic) bond motifs is 4. The topological polar surface area (TPSA) is 119 Å². The van der Waals surface area contributed by atoms with Crippen LogP contribution >= 0.6 is 0 Å². The van der Waals surface area contributed by atoms with Gasteiger partial charge in [-0.1, -0.05) is 6.07 Å². The van der Waals surface area contributed by atoms with Crippen molar-refractivity contribution in [3.05, 3.63) is 46.5 Å². The van der Waals surface area contributed by atoms with E-state index >= 15 is 0 Å². The molecular formula is C25H25N7O2. The molecule has 9 nitrogen and oxygen atoms in total. The van der Waals surface area contributed by atoms with E-state index in [9.17, 15) is 4.79 Å². The smallest absolute Gasteiger partial charge is 0.298 e. The van der Waals surface area contributed by atoms with E-state index in [-0.39, 0.29) is 17.6 Å². The monoisotopic (exact) mass is 455 g/mol. The van der Waals surface area contributed by atoms with Gasteiger partial charge in [-0.25, -0.2) is 4.98 Å². The maximum absolute atomic E-state index is 13.7. The molecule has 7 rings (SSSR count). The van der Waals surface area contributed by atoms with Gasteiger partial charge in [-0.3, -0.25) is 9.89 Å². The van der Waals surface area contributed by atoms with Crippen molar-refractivity contribution in [2.75, 3.05) is 18.0 Å². The Labute approximate surface area is 194 Å². The lowest BCUT2D eigenvalue weighted by atomic mass is 9.97. The summed E-state index contributed by atoms with van der Waals surface area (Å²) in [6.45, 7) is 3.65. The summed E-state index contributed by atoms with van der Waals surface area (Å²) in [5.74, 6) is 0. The van der Waals surface area contributed by atoms with Crippen molar-refractivity contribution in [1.82, 2.24) is 24.7 Å². The normalized spacial score (nSPS) is 17.4. The number of nitrogens with zero attached hydrogens (tertiary/aromatic N) is 5. The molecule has 5 aromatic rings. The van der Waals surface area contributed by atoms with Crippen molar-refractivity contribution in [2.24, 2.45) is 5.73 Å². The van der Waals surface area contributed by atoms with Gasteiger partial charge in [0.25, 0.3) is 11.6 Å². The quantitative estimate of drug-likeness (QED) is 0.426. The minimum absolute atomic E-state index is 0.0719. The summed E-state index contributed by atoms with van der Waals surface area (Å²) in [5.41, 5.74) is 11.7. The van der Waals surface area contributed by atoms with Crippen LogP contribution in [-0.4, -0.2) is 43.9 Å². The molecule has 5 heterocycles. The second-order valence-electron chi connectivity index (χ2n) is 9.57. The van der Waals surface area contributed by atoms with Crippen molar-refractivity contribution < 1.29 is 4.42 Å². The molecule has 2 fully saturated rings. The van der Waals surface area contributed by atoms with E-state index in [1.165, 1.54) is 0 Å². The lowest BCUT2D eigenvalue weighted by molar-refractivity contribution is 0.466. The third-order valence-electron chi connectivity index (χ3n) is 7.28. The highest BCUT2D eigenvalue weighted by Gasteiger charge is 2.31. The van der Waals surface area contributed by atoms with Crippen LogP contribution in [0.2, 0.25) is 0 Å². The van der Waals surface area contributed by atoms with Crippen LogP contribution in [0.5, 0.6) is 0 Å². The van der Waals surface area contributed by atoms with Crippen LogP contribution in [0, 0.1) is 6.92 Å². The highest BCUT2D eigenvalue weighted by molar-refractivity contribution is 6.04. The third kappa shape index (κ3) is 2.89. The zero-order valence-electron chi connectivity index (χ0n) is 18.9. The van der Waals surface area contributed by atoms with E-state index in [1.54, 1.807) is 6.20 Å². The van der Waals surface area contributed by atoms with E-state index in [2.05, 4.69) is 50.2 Å². The molecule has 0 bridgehead atoms. The van der Waals surface area contributed by atoms with E-state index in [0.717, 1.165) is 77.4 Å². The van der Waals surface area contributed by atoms with Crippen molar-refractivity contribution in [1.29, 1.82) is 0 Å². The Hall–Kier alpha value is -3.72. The molecule has 4 aromatic heterocycles. The number of nitrogens with one attached hydrogen (secondary N) is 1. The number of piperidine rings is 1. The summed E-state index contributed by atoms with van der Waals surface area (Å²) < 4.78 is 8.22. The number of aromatic nitrogens is 5. The zero-order valence-corrected chi connectivity index (χ0v) is 18.9. The predicted molar refractivity (Wildman–Crippen MR) is 131 cm³/mol. The summed E-state index contributed by atoms with van der Waals surface area (Å²) in [7, 11) is 0. The molecule has 1 saturated carbocycles. The Morgan fingerprint density at radius 1 is 1.15 bits per heavy atom. The highest BCUT2D eigenvalue weighted by atomic mass is 16.4. The van der Waals surface area contributed by atoms with Crippen molar-refractivity contribution >= 4 is 39.1 Å². The SMILES string of the molecule is Cc1c(-c2cnc3[nH]ncc3c2)ccc2c3oc(N4CCC(N)CC4)nc3c(=O)n(C3CC3)c12. The Bertz CT molecular complexity index is 1630. The third-order valence-corrected chi connectivity index (χ3v) is 7.28. The van der Waals surface area contributed by atoms with Gasteiger partial charge in [0, 0.05) is 47.7 Å². The van der Waals surface area contributed by atoms with E-state index in [0.29, 0.717) is 17.1 Å². The van der Waals surface area contributed by atoms with Gasteiger partial charge < -0.3 is 19.6 Å². The molecule has 1 aromatic carbocycles. The minimum atomic E-state index is -0.0719. The van der Waals surface area contributed by atoms with E-state index < -0.39 is 0 Å². The molecular weight excluding hydrogens is 430 g/mol. The Balaban J connectivity index is 1.46. The fourth-order valence-electron chi connectivity index (χ4n) is 5.25. The lowest BCUT2D eigenvalue weighted by Gasteiger charge is -2.28. The standard InChI is InChI=1S/C25H25N7O2/c1-13-18(14-10-15-12-28-30-23(15)27-11-14)4-5-19-21(13)32(17-2-3-17)24(33)20-22(19)34-25(29-20)31-8-6-16(26)7-9-31/h4-5,10-12,16-17H,2-3,6-9,26H2,1H3,(H,27,28,30). The number of benzene rings is 1. The van der Waals surface area contributed by atoms with Crippen LogP contribution in [0.3, 0.4) is 0 Å². The van der Waals surface area contributed by atoms with Gasteiger partial charge in [0.2, 0.25) is 0 Å². The van der Waals surface area contributed by atoms with Crippen LogP contribution < -0.4 is 16.2 Å². The number of nitrogens with two attached hydrogens (primary N) is 1. The van der Waals surface area contributed by atoms with Crippen LogP contribution in [0.15, 0.2) is 39.8 Å². The number of aromatic amines is 1. The van der Waals surface area contributed by atoms with Crippen molar-refractivity contribution in [3.63, 3.8) is 0 Å². The summed E-state index contributed by atoms with van der Waals surface area (Å²) >= 11 is 0. The average Bonchev–Trinajstić information content (AvgIpc) is 3.38. The number of rotatable bonds is 3. The molecule has 0 atom stereocenters. The zero-order chi connectivity index (χ0) is 23.0. The predicted octanol–water partition coefficient (Wildman–Crippen LogP) is 3.65. The molecule has 1 saturated heterocycles. The summed E-state index contributed by atoms with van der Waals surface area (Å²) in [4.78, 5) is 25.0. The van der Waals surface area contributed by atoms with Crippen LogP contribution in [0.1, 0.15) is 37.3 Å². The Morgan fingerprint density at radius 2 is 1.97 bits per heavy atom. The van der Waals surface area contributed by atoms with Gasteiger partial charge >= 0.3 is 0 Å². The van der Waals surface area contributed by atoms with Gasteiger partial charge in [-0.05, 0) is 55.9 Å². The first kappa shape index (κ1) is 19.7. The Kier molecular flexibility index (Phi) is 4.14. The summed E-state index contributed by atoms with van der Waals surface area (Å²) in [6.07, 6.45) is 7.41. The molecule has 0 radical (unpaired) electrons. The molecule has 3 N–H and O–H groups in total. The second kappa shape index (κ2) is 7.14. The maximum atomic E-state index is 13.7. The number of anilines is 1. The highest BCUT2D eigenvalue weighted by Crippen LogP contribution is 2.41. The molecule has 1 aliphatic heterocycles. The second-order valence-corrected chi connectivity index (χ2v) is 9.57. The van der Waals surface area contributed by atoms with Crippen LogP contribution in [0.25, 0.3) is 44.2 Å². The minimum Gasteiger partial charge on any atom is -0.422 e. The maximum Gasteiger partial charge on any atom is 0.298 e. The fourth-order valence-corrected chi connectivity index (χ4v) is 5.25. The summed E-state index contributed by atoms with van der Waals surface area (Å²) in [5, 5.41) is 8.85. The van der Waals surface area contributed by atoms with Gasteiger partial charge in [0.05, 0.1) is 11.7 Å². The number of H-pyrrole nitrogens is 1. The molecule has 0 spiro atoms. The molecule has 9 heteroatoms. The number of hydrogen-bond acceptors (Lipinski definition) is 7.